The Morgan fingerprint density at radius 1 is 0.895 bits per heavy atom. The first kappa shape index (κ1) is 11.5. The number of fused-ring (bicyclic) bond motifs is 1. The Hall–Kier alpha value is -2.56. The number of halogens is 2. The molecule has 19 heavy (non-hydrogen) atoms. The second-order valence-corrected chi connectivity index (χ2v) is 4.08. The molecule has 94 valence electrons. The average molecular weight is 257 g/mol. The van der Waals surface area contributed by atoms with Crippen molar-refractivity contribution in [3.05, 3.63) is 54.1 Å². The van der Waals surface area contributed by atoms with Gasteiger partial charge in [0, 0.05) is 10.9 Å². The molecular weight excluding hydrogens is 248 g/mol. The van der Waals surface area contributed by atoms with Gasteiger partial charge in [-0.25, -0.2) is 18.7 Å². The molecule has 0 amide bonds. The maximum atomic E-state index is 13.2. The lowest BCUT2D eigenvalue weighted by atomic mass is 10.1. The number of nitrogen functional groups attached to an aromatic ring is 1. The lowest BCUT2D eigenvalue weighted by Gasteiger charge is -2.05. The minimum atomic E-state index is -0.937. The molecule has 2 aromatic carbocycles. The van der Waals surface area contributed by atoms with Crippen LogP contribution >= 0.6 is 0 Å². The minimum absolute atomic E-state index is 0.273. The van der Waals surface area contributed by atoms with Crippen LogP contribution < -0.4 is 5.73 Å². The Morgan fingerprint density at radius 3 is 2.47 bits per heavy atom. The van der Waals surface area contributed by atoms with Crippen LogP contribution in [0.2, 0.25) is 0 Å². The van der Waals surface area contributed by atoms with Crippen molar-refractivity contribution in [1.29, 1.82) is 0 Å². The van der Waals surface area contributed by atoms with Crippen LogP contribution in [0.5, 0.6) is 0 Å². The first-order valence-corrected chi connectivity index (χ1v) is 5.63. The van der Waals surface area contributed by atoms with E-state index in [1.165, 1.54) is 6.07 Å². The molecule has 0 saturated carbocycles. The summed E-state index contributed by atoms with van der Waals surface area (Å²) in [4.78, 5) is 8.42. The summed E-state index contributed by atoms with van der Waals surface area (Å²) in [6, 6.07) is 10.8. The molecule has 0 radical (unpaired) electrons. The maximum absolute atomic E-state index is 13.2. The lowest BCUT2D eigenvalue weighted by Crippen LogP contribution is -1.98. The number of nitrogens with zero attached hydrogens (tertiary/aromatic N) is 2. The number of anilines is 1. The normalized spacial score (nSPS) is 10.8. The number of hydrogen-bond donors (Lipinski definition) is 1. The van der Waals surface area contributed by atoms with E-state index in [9.17, 15) is 8.78 Å². The standard InChI is InChI=1S/C14H9F2N3/c15-10-6-5-8(7-11(10)16)14-18-12-4-2-1-3-9(12)13(17)19-14/h1-7H,(H2,17,18,19). The van der Waals surface area contributed by atoms with Crippen molar-refractivity contribution in [2.24, 2.45) is 0 Å². The summed E-state index contributed by atoms with van der Waals surface area (Å²) in [6.07, 6.45) is 0. The van der Waals surface area contributed by atoms with Crippen molar-refractivity contribution < 1.29 is 8.78 Å². The third-order valence-corrected chi connectivity index (χ3v) is 2.81. The Morgan fingerprint density at radius 2 is 1.68 bits per heavy atom. The first-order valence-electron chi connectivity index (χ1n) is 5.63. The van der Waals surface area contributed by atoms with E-state index in [-0.39, 0.29) is 5.82 Å². The smallest absolute Gasteiger partial charge is 0.162 e. The number of nitrogens with two attached hydrogens (primary N) is 1. The van der Waals surface area contributed by atoms with Gasteiger partial charge >= 0.3 is 0 Å². The van der Waals surface area contributed by atoms with E-state index in [1.54, 1.807) is 12.1 Å². The van der Waals surface area contributed by atoms with Crippen LogP contribution in [0.15, 0.2) is 42.5 Å². The highest BCUT2D eigenvalue weighted by atomic mass is 19.2. The molecule has 0 unspecified atom stereocenters. The van der Waals surface area contributed by atoms with E-state index in [4.69, 9.17) is 5.73 Å². The number of rotatable bonds is 1. The zero-order valence-electron chi connectivity index (χ0n) is 9.77. The molecule has 3 rings (SSSR count). The number of para-hydroxylation sites is 1. The van der Waals surface area contributed by atoms with Crippen molar-refractivity contribution in [2.45, 2.75) is 0 Å². The molecule has 3 nitrogen and oxygen atoms in total. The van der Waals surface area contributed by atoms with Crippen LogP contribution in [0, 0.1) is 11.6 Å². The summed E-state index contributed by atoms with van der Waals surface area (Å²) in [5.74, 6) is -1.26. The van der Waals surface area contributed by atoms with Gasteiger partial charge in [-0.05, 0) is 30.3 Å². The number of benzene rings is 2. The van der Waals surface area contributed by atoms with Crippen LogP contribution in [-0.2, 0) is 0 Å². The van der Waals surface area contributed by atoms with Crippen molar-refractivity contribution >= 4 is 16.7 Å². The van der Waals surface area contributed by atoms with Gasteiger partial charge < -0.3 is 5.73 Å². The minimum Gasteiger partial charge on any atom is -0.383 e. The SMILES string of the molecule is Nc1nc(-c2ccc(F)c(F)c2)nc2ccccc12. The highest BCUT2D eigenvalue weighted by Crippen LogP contribution is 2.23. The van der Waals surface area contributed by atoms with Gasteiger partial charge in [-0.3, -0.25) is 0 Å². The summed E-state index contributed by atoms with van der Waals surface area (Å²) in [5, 5.41) is 0.730. The molecule has 0 atom stereocenters. The molecule has 0 spiro atoms. The van der Waals surface area contributed by atoms with E-state index >= 15 is 0 Å². The summed E-state index contributed by atoms with van der Waals surface area (Å²) in [5.41, 5.74) is 6.89. The molecule has 5 heteroatoms. The van der Waals surface area contributed by atoms with Crippen molar-refractivity contribution in [2.75, 3.05) is 5.73 Å². The Kier molecular flexibility index (Phi) is 2.59. The molecule has 0 bridgehead atoms. The molecule has 2 N–H and O–H groups in total. The second kappa shape index (κ2) is 4.28. The monoisotopic (exact) mass is 257 g/mol. The summed E-state index contributed by atoms with van der Waals surface area (Å²) in [6.45, 7) is 0. The molecule has 3 aromatic rings. The van der Waals surface area contributed by atoms with E-state index in [1.807, 2.05) is 12.1 Å². The molecule has 0 fully saturated rings. The van der Waals surface area contributed by atoms with Crippen LogP contribution in [0.4, 0.5) is 14.6 Å². The zero-order valence-corrected chi connectivity index (χ0v) is 9.77. The number of hydrogen-bond acceptors (Lipinski definition) is 3. The van der Waals surface area contributed by atoms with Gasteiger partial charge in [0.2, 0.25) is 0 Å². The predicted octanol–water partition coefficient (Wildman–Crippen LogP) is 3.16. The Balaban J connectivity index is 2.22. The Bertz CT molecular complexity index is 772. The average Bonchev–Trinajstić information content (AvgIpc) is 2.42. The second-order valence-electron chi connectivity index (χ2n) is 4.08. The zero-order chi connectivity index (χ0) is 13.4. The molecule has 0 saturated heterocycles. The van der Waals surface area contributed by atoms with Gasteiger partial charge in [0.25, 0.3) is 0 Å². The highest BCUT2D eigenvalue weighted by Gasteiger charge is 2.09. The predicted molar refractivity (Wildman–Crippen MR) is 69.3 cm³/mol. The van der Waals surface area contributed by atoms with Crippen molar-refractivity contribution in [1.82, 2.24) is 9.97 Å². The molecule has 1 aromatic heterocycles. The summed E-state index contributed by atoms with van der Waals surface area (Å²) >= 11 is 0. The molecular formula is C14H9F2N3. The van der Waals surface area contributed by atoms with E-state index in [0.29, 0.717) is 16.9 Å². The van der Waals surface area contributed by atoms with Crippen LogP contribution in [-0.4, -0.2) is 9.97 Å². The van der Waals surface area contributed by atoms with E-state index < -0.39 is 11.6 Å². The van der Waals surface area contributed by atoms with Gasteiger partial charge in [0.1, 0.15) is 5.82 Å². The van der Waals surface area contributed by atoms with E-state index in [0.717, 1.165) is 17.5 Å². The van der Waals surface area contributed by atoms with E-state index in [2.05, 4.69) is 9.97 Å². The topological polar surface area (TPSA) is 51.8 Å². The quantitative estimate of drug-likeness (QED) is 0.728. The van der Waals surface area contributed by atoms with Crippen LogP contribution in [0.1, 0.15) is 0 Å². The first-order chi connectivity index (χ1) is 9.15. The molecule has 0 aliphatic heterocycles. The van der Waals surface area contributed by atoms with Gasteiger partial charge in [-0.2, -0.15) is 0 Å². The van der Waals surface area contributed by atoms with Gasteiger partial charge in [-0.15, -0.1) is 0 Å². The fourth-order valence-electron chi connectivity index (χ4n) is 1.87. The largest absolute Gasteiger partial charge is 0.383 e. The fourth-order valence-corrected chi connectivity index (χ4v) is 1.87. The van der Waals surface area contributed by atoms with Crippen LogP contribution in [0.25, 0.3) is 22.3 Å². The van der Waals surface area contributed by atoms with Gasteiger partial charge in [-0.1, -0.05) is 12.1 Å². The summed E-state index contributed by atoms with van der Waals surface area (Å²) in [7, 11) is 0. The fraction of sp³-hybridized carbons (Fsp3) is 0. The van der Waals surface area contributed by atoms with Crippen molar-refractivity contribution in [3.63, 3.8) is 0 Å². The molecule has 1 heterocycles. The molecule has 0 aliphatic carbocycles. The van der Waals surface area contributed by atoms with Gasteiger partial charge in [0.15, 0.2) is 17.5 Å². The lowest BCUT2D eigenvalue weighted by molar-refractivity contribution is 0.509. The highest BCUT2D eigenvalue weighted by molar-refractivity contribution is 5.89. The summed E-state index contributed by atoms with van der Waals surface area (Å²) < 4.78 is 26.1. The number of aromatic nitrogens is 2. The third-order valence-electron chi connectivity index (χ3n) is 2.81. The van der Waals surface area contributed by atoms with Crippen molar-refractivity contribution in [3.8, 4) is 11.4 Å². The maximum Gasteiger partial charge on any atom is 0.162 e. The van der Waals surface area contributed by atoms with Gasteiger partial charge in [0.05, 0.1) is 5.52 Å². The molecule has 0 aliphatic rings. The third kappa shape index (κ3) is 1.99. The Labute approximate surface area is 107 Å². The van der Waals surface area contributed by atoms with Crippen LogP contribution in [0.3, 0.4) is 0 Å².